The molecule has 14 heteroatoms. The van der Waals surface area contributed by atoms with Crippen LogP contribution in [0.25, 0.3) is 0 Å². The predicted molar refractivity (Wildman–Crippen MR) is 97.8 cm³/mol. The Morgan fingerprint density at radius 2 is 0.733 bits per heavy atom. The van der Waals surface area contributed by atoms with Gasteiger partial charge in [-0.3, -0.25) is 0 Å². The molecule has 0 N–H and O–H groups in total. The zero-order valence-electron chi connectivity index (χ0n) is 15.7. The van der Waals surface area contributed by atoms with Gasteiger partial charge in [-0.1, -0.05) is 0 Å². The monoisotopic (exact) mass is 414 g/mol. The SMILES string of the molecule is O=C(n1ccnc1)[B-](C(=O)n1ccnc1)(C(=O)n1ccnc1)C(=O)n1ccnc1.[Na+]. The van der Waals surface area contributed by atoms with Crippen LogP contribution in [-0.2, 0) is 0 Å². The molecule has 0 aromatic carbocycles. The van der Waals surface area contributed by atoms with E-state index >= 15 is 0 Å². The van der Waals surface area contributed by atoms with E-state index in [1.807, 2.05) is 0 Å². The van der Waals surface area contributed by atoms with E-state index in [0.29, 0.717) is 0 Å². The van der Waals surface area contributed by atoms with Crippen LogP contribution in [0.5, 0.6) is 0 Å². The molecule has 0 aliphatic carbocycles. The van der Waals surface area contributed by atoms with E-state index in [2.05, 4.69) is 19.9 Å². The quantitative estimate of drug-likeness (QED) is 0.358. The van der Waals surface area contributed by atoms with Crippen molar-refractivity contribution >= 4 is 29.4 Å². The second kappa shape index (κ2) is 8.53. The smallest absolute Gasteiger partial charge is 0.321 e. The number of imidazole rings is 4. The van der Waals surface area contributed by atoms with Crippen LogP contribution in [0.15, 0.2) is 74.9 Å². The van der Waals surface area contributed by atoms with Crippen molar-refractivity contribution in [1.82, 2.24) is 38.2 Å². The molecule has 0 unspecified atom stereocenters. The van der Waals surface area contributed by atoms with Crippen LogP contribution < -0.4 is 29.6 Å². The maximum Gasteiger partial charge on any atom is 1.00 e. The van der Waals surface area contributed by atoms with Crippen LogP contribution in [0.3, 0.4) is 0 Å². The zero-order chi connectivity index (χ0) is 20.4. The van der Waals surface area contributed by atoms with Crippen LogP contribution in [0.1, 0.15) is 0 Å². The summed E-state index contributed by atoms with van der Waals surface area (Å²) >= 11 is 0. The Kier molecular flexibility index (Phi) is 6.05. The molecule has 4 rings (SSSR count). The Labute approximate surface area is 190 Å². The van der Waals surface area contributed by atoms with Gasteiger partial charge in [0.05, 0.1) is 48.5 Å². The fraction of sp³-hybridized carbons (Fsp3) is 0. The maximum atomic E-state index is 13.5. The third-order valence-electron chi connectivity index (χ3n) is 4.52. The van der Waals surface area contributed by atoms with Crippen LogP contribution >= 0.6 is 0 Å². The molecule has 4 aromatic heterocycles. The Hall–Kier alpha value is -3.42. The molecule has 0 saturated carbocycles. The first-order valence-electron chi connectivity index (χ1n) is 8.33. The summed E-state index contributed by atoms with van der Waals surface area (Å²) in [6.07, 6.45) is 10.9. The van der Waals surface area contributed by atoms with Crippen molar-refractivity contribution in [3.05, 3.63) is 74.9 Å². The van der Waals surface area contributed by atoms with E-state index in [1.165, 1.54) is 49.6 Å². The van der Waals surface area contributed by atoms with Gasteiger partial charge in [0.1, 0.15) is 0 Å². The van der Waals surface area contributed by atoms with Crippen molar-refractivity contribution in [2.75, 3.05) is 0 Å². The van der Waals surface area contributed by atoms with E-state index in [0.717, 1.165) is 43.6 Å². The molecule has 0 aliphatic rings. The minimum atomic E-state index is -3.76. The molecule has 0 spiro atoms. The van der Waals surface area contributed by atoms with Gasteiger partial charge in [-0.15, -0.1) is 0 Å². The Morgan fingerprint density at radius 1 is 0.500 bits per heavy atom. The second-order valence-corrected chi connectivity index (χ2v) is 6.10. The summed E-state index contributed by atoms with van der Waals surface area (Å²) in [5.74, 6) is -4.17. The van der Waals surface area contributed by atoms with Crippen molar-refractivity contribution in [1.29, 1.82) is 0 Å². The first-order chi connectivity index (χ1) is 14.1. The average Bonchev–Trinajstić information content (AvgIpc) is 3.55. The predicted octanol–water partition coefficient (Wildman–Crippen LogP) is -1.77. The topological polar surface area (TPSA) is 140 Å². The minimum absolute atomic E-state index is 0. The number of carbonyl (C=O) groups excluding carboxylic acids is 4. The molecular weight excluding hydrogens is 402 g/mol. The van der Waals surface area contributed by atoms with Crippen LogP contribution in [0.4, 0.5) is 19.2 Å². The van der Waals surface area contributed by atoms with Crippen molar-refractivity contribution in [3.63, 3.8) is 0 Å². The first-order valence-corrected chi connectivity index (χ1v) is 8.33. The molecule has 0 radical (unpaired) electrons. The van der Waals surface area contributed by atoms with Crippen molar-refractivity contribution in [2.45, 2.75) is 0 Å². The molecule has 30 heavy (non-hydrogen) atoms. The Bertz CT molecular complexity index is 980. The molecule has 4 heterocycles. The van der Waals surface area contributed by atoms with Gasteiger partial charge in [0, 0.05) is 49.6 Å². The van der Waals surface area contributed by atoms with Gasteiger partial charge in [0.25, 0.3) is 0 Å². The van der Waals surface area contributed by atoms with E-state index in [4.69, 9.17) is 0 Å². The molecule has 4 aromatic rings. The van der Waals surface area contributed by atoms with Gasteiger partial charge in [-0.2, -0.15) is 0 Å². The van der Waals surface area contributed by atoms with E-state index in [1.54, 1.807) is 0 Å². The molecule has 0 saturated heterocycles. The molecule has 0 fully saturated rings. The standard InChI is InChI=1S/C16H12BN8O4.Na/c26-13(22-5-1-18-9-22)17(14(27)23-6-2-19-10-23,15(28)24-7-3-20-11-24)16(29)25-8-4-21-12-25;/h1-12H;/q-1;+1. The molecule has 12 nitrogen and oxygen atoms in total. The van der Waals surface area contributed by atoms with Crippen LogP contribution in [0, 0.1) is 0 Å². The second-order valence-electron chi connectivity index (χ2n) is 6.10. The fourth-order valence-electron chi connectivity index (χ4n) is 3.09. The summed E-state index contributed by atoms with van der Waals surface area (Å²) in [6, 6.07) is 0. The van der Waals surface area contributed by atoms with Gasteiger partial charge in [0.2, 0.25) is 0 Å². The summed E-state index contributed by atoms with van der Waals surface area (Å²) in [5, 5.41) is 0. The molecule has 0 atom stereocenters. The van der Waals surface area contributed by atoms with Gasteiger partial charge in [-0.25, -0.2) is 19.9 Å². The van der Waals surface area contributed by atoms with Crippen molar-refractivity contribution in [2.24, 2.45) is 0 Å². The maximum absolute atomic E-state index is 13.5. The fourth-order valence-corrected chi connectivity index (χ4v) is 3.09. The third-order valence-corrected chi connectivity index (χ3v) is 4.52. The summed E-state index contributed by atoms with van der Waals surface area (Å²) in [5.41, 5.74) is 0. The number of carbonyl (C=O) groups is 4. The molecule has 0 bridgehead atoms. The van der Waals surface area contributed by atoms with Crippen LogP contribution in [-0.4, -0.2) is 67.6 Å². The summed E-state index contributed by atoms with van der Waals surface area (Å²) in [7, 11) is 0. The zero-order valence-corrected chi connectivity index (χ0v) is 17.7. The first kappa shape index (κ1) is 21.3. The molecule has 0 amide bonds. The van der Waals surface area contributed by atoms with Gasteiger partial charge in [0.15, 0.2) is 0 Å². The summed E-state index contributed by atoms with van der Waals surface area (Å²) in [4.78, 5) is 69.2. The minimum Gasteiger partial charge on any atom is -0.321 e. The number of aromatic nitrogens is 8. The van der Waals surface area contributed by atoms with Crippen molar-refractivity contribution < 1.29 is 48.7 Å². The Morgan fingerprint density at radius 3 is 0.900 bits per heavy atom. The molecule has 0 aliphatic heterocycles. The van der Waals surface area contributed by atoms with E-state index in [9.17, 15) is 19.2 Å². The molecular formula is C16H12BN8NaO4. The van der Waals surface area contributed by atoms with Gasteiger partial charge < -0.3 is 37.4 Å². The van der Waals surface area contributed by atoms with E-state index in [-0.39, 0.29) is 29.6 Å². The normalized spacial score (nSPS) is 10.9. The van der Waals surface area contributed by atoms with E-state index < -0.39 is 29.4 Å². The molecule has 144 valence electrons. The van der Waals surface area contributed by atoms with Crippen molar-refractivity contribution in [3.8, 4) is 0 Å². The number of hydrogen-bond donors (Lipinski definition) is 0. The third kappa shape index (κ3) is 3.28. The van der Waals surface area contributed by atoms with Crippen LogP contribution in [0.2, 0.25) is 0 Å². The Balaban J connectivity index is 0.00000256. The number of nitrogens with zero attached hydrogens (tertiary/aromatic N) is 8. The number of hydrogen-bond acceptors (Lipinski definition) is 8. The average molecular weight is 414 g/mol. The largest absolute Gasteiger partial charge is 1.00 e. The summed E-state index contributed by atoms with van der Waals surface area (Å²) < 4.78 is 3.72. The van der Waals surface area contributed by atoms with Gasteiger partial charge >= 0.3 is 35.7 Å². The van der Waals surface area contributed by atoms with Gasteiger partial charge in [-0.05, 0) is 0 Å². The number of rotatable bonds is 4. The summed E-state index contributed by atoms with van der Waals surface area (Å²) in [6.45, 7) is 0.